The summed E-state index contributed by atoms with van der Waals surface area (Å²) in [6.07, 6.45) is 8.48. The highest BCUT2D eigenvalue weighted by atomic mass is 31.3. The van der Waals surface area contributed by atoms with Crippen LogP contribution in [0, 0.1) is 0 Å². The van der Waals surface area contributed by atoms with E-state index in [9.17, 15) is 0 Å². The third-order valence-electron chi connectivity index (χ3n) is 10.8. The van der Waals surface area contributed by atoms with E-state index in [1.807, 2.05) is 0 Å². The van der Waals surface area contributed by atoms with Crippen molar-refractivity contribution in [3.8, 4) is 68.6 Å². The van der Waals surface area contributed by atoms with E-state index >= 15 is 0 Å². The molecule has 0 aliphatic carbocycles. The lowest BCUT2D eigenvalue weighted by Gasteiger charge is -2.44. The van der Waals surface area contributed by atoms with Gasteiger partial charge in [-0.1, -0.05) is 72.8 Å². The van der Waals surface area contributed by atoms with Gasteiger partial charge < -0.3 is 27.8 Å². The Morgan fingerprint density at radius 2 is 0.615 bits per heavy atom. The maximum Gasteiger partial charge on any atom is 0.447 e. The number of aromatic nitrogens is 24. The smallest absolute Gasteiger partial charge is 0.438 e. The summed E-state index contributed by atoms with van der Waals surface area (Å²) < 4.78 is 46.5. The molecule has 1 aliphatic heterocycles. The molecular weight excluding hydrogens is 1070 g/mol. The van der Waals surface area contributed by atoms with E-state index in [0.717, 1.165) is 0 Å². The standard InChI is InChI=1S/C42H30N27O6P3/c1-7-19-37(31(13-1)62-25-43-49-55-62)70-68-76(72-39-21-9-3-15-33(39)64-27-45-51-57-64)61-78(74-41-23-11-5-17-35(41)66-29-47-53-59-66,75-42-24-12-6-18-36(42)67-30-48-54-60-67)69(71-38-20-8-2-14-32(38)63-26-44-50-56-63)77(68)73-40-22-10-4-16-34(40)65-28-46-52-58-65/h1-30H. The molecule has 0 fully saturated rings. The van der Waals surface area contributed by atoms with Gasteiger partial charge in [0.15, 0.2) is 34.5 Å². The lowest BCUT2D eigenvalue weighted by Crippen LogP contribution is -2.37. The van der Waals surface area contributed by atoms with Crippen LogP contribution in [0.15, 0.2) is 188 Å². The van der Waals surface area contributed by atoms with Crippen LogP contribution in [0.2, 0.25) is 0 Å². The minimum absolute atomic E-state index is 0.147. The zero-order valence-corrected chi connectivity index (χ0v) is 41.9. The Labute approximate surface area is 438 Å². The molecule has 2 atom stereocenters. The van der Waals surface area contributed by atoms with Gasteiger partial charge in [-0.25, -0.2) is 0 Å². The lowest BCUT2D eigenvalue weighted by molar-refractivity contribution is 0.0543. The average molecular weight is 1100 g/mol. The molecule has 13 rings (SSSR count). The fraction of sp³-hybridized carbons (Fsp3) is 0. The molecule has 0 spiro atoms. The molecule has 33 nitrogen and oxygen atoms in total. The zero-order valence-electron chi connectivity index (χ0n) is 39.2. The number of hydrogen-bond acceptors (Lipinski definition) is 27. The molecule has 1 aliphatic rings. The highest BCUT2D eigenvalue weighted by molar-refractivity contribution is 7.78. The summed E-state index contributed by atoms with van der Waals surface area (Å²) in [7, 11) is -10.2. The SMILES string of the molecule is c1ccc(-n2cnnn2)c(ON2P(Oc3ccccc3-n3cnnn3)N=P(Oc3ccccc3-n3cnnn3)(Oc3ccccc3-n3cnnn3)N(Oc3ccccc3-n3cnnn3)P2Oc2ccccc2-n2cnnn2)c1. The van der Waals surface area contributed by atoms with Gasteiger partial charge in [-0.2, -0.15) is 28.1 Å². The largest absolute Gasteiger partial charge is 0.447 e. The third kappa shape index (κ3) is 9.39. The molecule has 6 aromatic carbocycles. The van der Waals surface area contributed by atoms with Gasteiger partial charge in [0.2, 0.25) is 0 Å². The summed E-state index contributed by atoms with van der Waals surface area (Å²) >= 11 is 0. The van der Waals surface area contributed by atoms with Crippen LogP contribution in [0.1, 0.15) is 0 Å². The van der Waals surface area contributed by atoms with Crippen LogP contribution in [0.4, 0.5) is 0 Å². The summed E-state index contributed by atoms with van der Waals surface area (Å²) in [5.41, 5.74) is 2.29. The van der Waals surface area contributed by atoms with Crippen LogP contribution in [0.5, 0.6) is 34.5 Å². The van der Waals surface area contributed by atoms with Gasteiger partial charge in [0.1, 0.15) is 72.1 Å². The summed E-state index contributed by atoms with van der Waals surface area (Å²) in [6, 6.07) is 42.0. The van der Waals surface area contributed by atoms with E-state index in [4.69, 9.17) is 32.3 Å². The average Bonchev–Trinajstić information content (AvgIpc) is 4.48. The third-order valence-corrected chi connectivity index (χ3v) is 17.6. The van der Waals surface area contributed by atoms with Crippen LogP contribution >= 0.6 is 24.6 Å². The molecular formula is C42H30N27O6P3. The van der Waals surface area contributed by atoms with Crippen molar-refractivity contribution >= 4 is 24.6 Å². The van der Waals surface area contributed by atoms with E-state index in [1.165, 1.54) is 75.3 Å². The molecule has 0 radical (unpaired) electrons. The lowest BCUT2D eigenvalue weighted by atomic mass is 10.3. The summed E-state index contributed by atoms with van der Waals surface area (Å²) in [6.45, 7) is 0. The van der Waals surface area contributed by atoms with Crippen molar-refractivity contribution < 1.29 is 27.8 Å². The predicted molar refractivity (Wildman–Crippen MR) is 266 cm³/mol. The van der Waals surface area contributed by atoms with Gasteiger partial charge in [-0.15, -0.1) is 35.1 Å². The maximum absolute atomic E-state index is 7.49. The molecule has 0 saturated heterocycles. The molecule has 12 aromatic rings. The van der Waals surface area contributed by atoms with Gasteiger partial charge in [0, 0.05) is 9.21 Å². The first-order valence-corrected chi connectivity index (χ1v) is 26.4. The quantitative estimate of drug-likeness (QED) is 0.100. The Hall–Kier alpha value is -10.5. The van der Waals surface area contributed by atoms with Crippen LogP contribution < -0.4 is 27.8 Å². The Morgan fingerprint density at radius 3 is 0.974 bits per heavy atom. The first-order valence-electron chi connectivity index (χ1n) is 22.5. The predicted octanol–water partition coefficient (Wildman–Crippen LogP) is 5.16. The number of benzene rings is 6. The maximum atomic E-state index is 7.49. The minimum Gasteiger partial charge on any atom is -0.438 e. The summed E-state index contributed by atoms with van der Waals surface area (Å²) in [5.74, 6) is 1.07. The Kier molecular flexibility index (Phi) is 12.8. The molecule has 2 unspecified atom stereocenters. The summed E-state index contributed by atoms with van der Waals surface area (Å²) in [5, 5.41) is 72.2. The van der Waals surface area contributed by atoms with Crippen molar-refractivity contribution in [2.75, 3.05) is 0 Å². The van der Waals surface area contributed by atoms with E-state index in [2.05, 4.69) is 93.2 Å². The van der Waals surface area contributed by atoms with Crippen molar-refractivity contribution in [1.29, 1.82) is 0 Å². The van der Waals surface area contributed by atoms with Crippen LogP contribution in [0.3, 0.4) is 0 Å². The first kappa shape index (κ1) is 47.3. The van der Waals surface area contributed by atoms with E-state index in [0.29, 0.717) is 34.1 Å². The highest BCUT2D eigenvalue weighted by Crippen LogP contribution is 2.78. The van der Waals surface area contributed by atoms with Gasteiger partial charge in [0.05, 0.1) is 0 Å². The van der Waals surface area contributed by atoms with Gasteiger partial charge >= 0.3 is 24.6 Å². The van der Waals surface area contributed by atoms with Gasteiger partial charge in [-0.05, 0) is 135 Å². The molecule has 0 N–H and O–H groups in total. The number of para-hydroxylation sites is 12. The van der Waals surface area contributed by atoms with Crippen LogP contribution in [0.25, 0.3) is 34.1 Å². The van der Waals surface area contributed by atoms with E-state index < -0.39 is 24.6 Å². The number of hydrogen-bond donors (Lipinski definition) is 0. The minimum atomic E-state index is -4.64. The molecule has 78 heavy (non-hydrogen) atoms. The van der Waals surface area contributed by atoms with Gasteiger partial charge in [0.25, 0.3) is 0 Å². The molecule has 0 bridgehead atoms. The van der Waals surface area contributed by atoms with E-state index in [-0.39, 0.29) is 34.5 Å². The molecule has 0 saturated carbocycles. The second-order valence-corrected chi connectivity index (χ2v) is 21.0. The van der Waals surface area contributed by atoms with Crippen molar-refractivity contribution in [1.82, 2.24) is 130 Å². The second kappa shape index (κ2) is 21.1. The molecule has 7 heterocycles. The summed E-state index contributed by atoms with van der Waals surface area (Å²) in [4.78, 5) is 14.5. The molecule has 0 amide bonds. The Bertz CT molecular complexity index is 3890. The Balaban J connectivity index is 1.12. The second-order valence-electron chi connectivity index (χ2n) is 15.5. The van der Waals surface area contributed by atoms with Crippen molar-refractivity contribution in [3.05, 3.63) is 184 Å². The van der Waals surface area contributed by atoms with Crippen molar-refractivity contribution in [3.63, 3.8) is 0 Å². The number of rotatable bonds is 18. The van der Waals surface area contributed by atoms with Crippen molar-refractivity contribution in [2.45, 2.75) is 0 Å². The fourth-order valence-electron chi connectivity index (χ4n) is 7.38. The molecule has 6 aromatic heterocycles. The first-order chi connectivity index (χ1) is 38.6. The number of nitrogens with zero attached hydrogens (tertiary/aromatic N) is 27. The van der Waals surface area contributed by atoms with Crippen molar-refractivity contribution in [2.24, 2.45) is 4.52 Å². The molecule has 36 heteroatoms. The zero-order chi connectivity index (χ0) is 52.1. The fourth-order valence-corrected chi connectivity index (χ4v) is 14.9. The monoisotopic (exact) mass is 1100 g/mol. The molecule has 384 valence electrons. The Morgan fingerprint density at radius 1 is 0.321 bits per heavy atom. The van der Waals surface area contributed by atoms with E-state index in [1.54, 1.807) is 146 Å². The number of tetrazole rings is 6. The normalized spacial score (nSPS) is 15.3. The van der Waals surface area contributed by atoms with Crippen LogP contribution in [-0.2, 0) is 0 Å². The van der Waals surface area contributed by atoms with Crippen LogP contribution in [-0.4, -0.2) is 130 Å². The highest BCUT2D eigenvalue weighted by Gasteiger charge is 2.59. The van der Waals surface area contributed by atoms with Gasteiger partial charge in [-0.3, -0.25) is 0 Å². The topological polar surface area (TPSA) is 336 Å².